The van der Waals surface area contributed by atoms with Crippen LogP contribution in [0.5, 0.6) is 5.75 Å². The summed E-state index contributed by atoms with van der Waals surface area (Å²) >= 11 is 0. The van der Waals surface area contributed by atoms with Crippen molar-refractivity contribution in [1.29, 1.82) is 0 Å². The number of aromatic nitrogens is 1. The molecular formula is C21H19N3O2. The van der Waals surface area contributed by atoms with Gasteiger partial charge < -0.3 is 15.1 Å². The molecule has 2 N–H and O–H groups in total. The highest BCUT2D eigenvalue weighted by molar-refractivity contribution is 6.07. The van der Waals surface area contributed by atoms with Gasteiger partial charge in [0.25, 0.3) is 5.56 Å². The van der Waals surface area contributed by atoms with Crippen LogP contribution in [0.2, 0.25) is 0 Å². The fourth-order valence-corrected chi connectivity index (χ4v) is 3.26. The number of nitrogens with zero attached hydrogens (tertiary/aromatic N) is 2. The molecule has 1 atom stereocenters. The number of fused-ring (bicyclic) bond motifs is 1. The van der Waals surface area contributed by atoms with Gasteiger partial charge in [0.1, 0.15) is 11.3 Å². The van der Waals surface area contributed by atoms with Gasteiger partial charge in [0.2, 0.25) is 0 Å². The molecule has 4 rings (SSSR count). The predicted octanol–water partition coefficient (Wildman–Crippen LogP) is 3.02. The largest absolute Gasteiger partial charge is 0.506 e. The van der Waals surface area contributed by atoms with E-state index in [0.29, 0.717) is 23.0 Å². The van der Waals surface area contributed by atoms with Crippen LogP contribution in [0.4, 0.5) is 0 Å². The number of benzene rings is 2. The summed E-state index contributed by atoms with van der Waals surface area (Å²) < 4.78 is 1.56. The summed E-state index contributed by atoms with van der Waals surface area (Å²) in [6.45, 7) is 0. The minimum atomic E-state index is -0.241. The predicted molar refractivity (Wildman–Crippen MR) is 104 cm³/mol. The highest BCUT2D eigenvalue weighted by atomic mass is 16.3. The number of hydrogen-bond donors (Lipinski definition) is 2. The number of rotatable bonds is 3. The van der Waals surface area contributed by atoms with Crippen LogP contribution in [0, 0.1) is 0 Å². The summed E-state index contributed by atoms with van der Waals surface area (Å²) in [5.74, 6) is -0.00283. The summed E-state index contributed by atoms with van der Waals surface area (Å²) in [7, 11) is 1.71. The molecule has 3 aromatic rings. The molecule has 130 valence electrons. The van der Waals surface area contributed by atoms with Gasteiger partial charge in [-0.1, -0.05) is 54.6 Å². The van der Waals surface area contributed by atoms with Crippen molar-refractivity contribution in [3.8, 4) is 5.75 Å². The van der Waals surface area contributed by atoms with E-state index in [-0.39, 0.29) is 22.9 Å². The van der Waals surface area contributed by atoms with Crippen LogP contribution in [0.3, 0.4) is 0 Å². The molecule has 5 heteroatoms. The molecular weight excluding hydrogens is 326 g/mol. The summed E-state index contributed by atoms with van der Waals surface area (Å²) in [6.07, 6.45) is 4.59. The van der Waals surface area contributed by atoms with E-state index in [1.165, 1.54) is 0 Å². The molecule has 1 aromatic heterocycles. The van der Waals surface area contributed by atoms with E-state index in [0.717, 1.165) is 5.56 Å². The average molecular weight is 345 g/mol. The minimum Gasteiger partial charge on any atom is -0.506 e. The maximum Gasteiger partial charge on any atom is 0.263 e. The highest BCUT2D eigenvalue weighted by Gasteiger charge is 2.25. The minimum absolute atomic E-state index is 0.00283. The van der Waals surface area contributed by atoms with Crippen LogP contribution in [0.25, 0.3) is 17.0 Å². The smallest absolute Gasteiger partial charge is 0.263 e. The molecule has 5 nitrogen and oxygen atoms in total. The van der Waals surface area contributed by atoms with Gasteiger partial charge in [-0.2, -0.15) is 5.10 Å². The topological polar surface area (TPSA) is 66.6 Å². The number of hydrogen-bond acceptors (Lipinski definition) is 4. The monoisotopic (exact) mass is 345 g/mol. The SMILES string of the molecule is Cn1c(=O)c(C2=NN[C@@H](C=Cc3ccccc3)C2)c(O)c2ccccc21. The van der Waals surface area contributed by atoms with Crippen LogP contribution >= 0.6 is 0 Å². The standard InChI is InChI=1S/C21H19N3O2/c1-24-18-10-6-5-9-16(18)20(25)19(21(24)26)17-13-15(22-23-17)12-11-14-7-3-2-4-8-14/h2-12,15,22,25H,13H2,1H3/t15-/m0/s1. The summed E-state index contributed by atoms with van der Waals surface area (Å²) in [5.41, 5.74) is 5.45. The van der Waals surface area contributed by atoms with Crippen LogP contribution in [-0.4, -0.2) is 21.4 Å². The molecule has 0 unspecified atom stereocenters. The Morgan fingerprint density at radius 1 is 1.15 bits per heavy atom. The Labute approximate surface area is 150 Å². The van der Waals surface area contributed by atoms with Crippen molar-refractivity contribution in [3.05, 3.63) is 82.2 Å². The summed E-state index contributed by atoms with van der Waals surface area (Å²) in [4.78, 5) is 12.8. The lowest BCUT2D eigenvalue weighted by molar-refractivity contribution is 0.478. The molecule has 0 radical (unpaired) electrons. The van der Waals surface area contributed by atoms with Gasteiger partial charge in [-0.15, -0.1) is 0 Å². The molecule has 2 aromatic carbocycles. The molecule has 0 saturated heterocycles. The number of nitrogens with one attached hydrogen (secondary N) is 1. The van der Waals surface area contributed by atoms with Crippen molar-refractivity contribution in [2.45, 2.75) is 12.5 Å². The lowest BCUT2D eigenvalue weighted by Crippen LogP contribution is -2.25. The Bertz CT molecular complexity index is 1080. The van der Waals surface area contributed by atoms with Gasteiger partial charge in [0.05, 0.1) is 17.3 Å². The van der Waals surface area contributed by atoms with Crippen LogP contribution in [0.15, 0.2) is 70.6 Å². The fraction of sp³-hybridized carbons (Fsp3) is 0.143. The lowest BCUT2D eigenvalue weighted by atomic mass is 10.0. The first-order valence-electron chi connectivity index (χ1n) is 8.51. The van der Waals surface area contributed by atoms with Gasteiger partial charge in [0.15, 0.2) is 0 Å². The van der Waals surface area contributed by atoms with Crippen molar-refractivity contribution in [1.82, 2.24) is 9.99 Å². The van der Waals surface area contributed by atoms with E-state index < -0.39 is 0 Å². The zero-order valence-electron chi connectivity index (χ0n) is 14.4. The van der Waals surface area contributed by atoms with E-state index in [1.54, 1.807) is 11.6 Å². The fourth-order valence-electron chi connectivity index (χ4n) is 3.26. The Balaban J connectivity index is 1.65. The van der Waals surface area contributed by atoms with Gasteiger partial charge in [-0.05, 0) is 17.7 Å². The second-order valence-electron chi connectivity index (χ2n) is 6.37. The molecule has 0 aliphatic carbocycles. The number of aromatic hydroxyl groups is 1. The summed E-state index contributed by atoms with van der Waals surface area (Å²) in [5, 5.41) is 15.6. The number of aryl methyl sites for hydroxylation is 1. The average Bonchev–Trinajstić information content (AvgIpc) is 3.14. The number of para-hydroxylation sites is 1. The van der Waals surface area contributed by atoms with Crippen molar-refractivity contribution >= 4 is 22.7 Å². The third-order valence-electron chi connectivity index (χ3n) is 4.66. The first kappa shape index (κ1) is 16.1. The quantitative estimate of drug-likeness (QED) is 0.767. The molecule has 0 bridgehead atoms. The molecule has 0 amide bonds. The normalized spacial score (nSPS) is 16.8. The van der Waals surface area contributed by atoms with Gasteiger partial charge in [0, 0.05) is 18.9 Å². The second-order valence-corrected chi connectivity index (χ2v) is 6.37. The molecule has 0 saturated carbocycles. The molecule has 0 spiro atoms. The summed E-state index contributed by atoms with van der Waals surface area (Å²) in [6, 6.07) is 17.3. The molecule has 1 aliphatic heterocycles. The van der Waals surface area contributed by atoms with Crippen molar-refractivity contribution < 1.29 is 5.11 Å². The van der Waals surface area contributed by atoms with Crippen molar-refractivity contribution in [2.75, 3.05) is 0 Å². The lowest BCUT2D eigenvalue weighted by Gasteiger charge is -2.11. The van der Waals surface area contributed by atoms with Crippen molar-refractivity contribution in [2.24, 2.45) is 12.1 Å². The van der Waals surface area contributed by atoms with Gasteiger partial charge >= 0.3 is 0 Å². The maximum atomic E-state index is 12.8. The van der Waals surface area contributed by atoms with Gasteiger partial charge in [-0.25, -0.2) is 0 Å². The molecule has 26 heavy (non-hydrogen) atoms. The number of hydrazone groups is 1. The third kappa shape index (κ3) is 2.77. The Morgan fingerprint density at radius 3 is 2.69 bits per heavy atom. The molecule has 0 fully saturated rings. The zero-order valence-corrected chi connectivity index (χ0v) is 14.4. The second kappa shape index (κ2) is 6.52. The van der Waals surface area contributed by atoms with E-state index in [1.807, 2.05) is 66.7 Å². The van der Waals surface area contributed by atoms with Gasteiger partial charge in [-0.3, -0.25) is 4.79 Å². The van der Waals surface area contributed by atoms with E-state index in [4.69, 9.17) is 0 Å². The van der Waals surface area contributed by atoms with Crippen LogP contribution < -0.4 is 11.0 Å². The first-order valence-corrected chi connectivity index (χ1v) is 8.51. The molecule has 1 aliphatic rings. The van der Waals surface area contributed by atoms with E-state index in [9.17, 15) is 9.90 Å². The Hall–Kier alpha value is -3.34. The zero-order chi connectivity index (χ0) is 18.1. The first-order chi connectivity index (χ1) is 12.6. The highest BCUT2D eigenvalue weighted by Crippen LogP contribution is 2.28. The van der Waals surface area contributed by atoms with E-state index in [2.05, 4.69) is 10.5 Å². The van der Waals surface area contributed by atoms with Crippen LogP contribution in [0.1, 0.15) is 17.5 Å². The third-order valence-corrected chi connectivity index (χ3v) is 4.66. The Morgan fingerprint density at radius 2 is 1.88 bits per heavy atom. The van der Waals surface area contributed by atoms with E-state index >= 15 is 0 Å². The van der Waals surface area contributed by atoms with Crippen molar-refractivity contribution in [3.63, 3.8) is 0 Å². The maximum absolute atomic E-state index is 12.8. The van der Waals surface area contributed by atoms with Crippen LogP contribution in [-0.2, 0) is 7.05 Å². The molecule has 2 heterocycles. The number of pyridine rings is 1. The Kier molecular flexibility index (Phi) is 4.05.